The largest absolute Gasteiger partial charge is 0.354 e. The van der Waals surface area contributed by atoms with Crippen molar-refractivity contribution < 1.29 is 14.5 Å². The van der Waals surface area contributed by atoms with Gasteiger partial charge < -0.3 is 10.6 Å². The van der Waals surface area contributed by atoms with Gasteiger partial charge in [0, 0.05) is 24.2 Å². The Bertz CT molecular complexity index is 580. The first-order chi connectivity index (χ1) is 11.5. The van der Waals surface area contributed by atoms with Crippen molar-refractivity contribution in [3.8, 4) is 0 Å². The summed E-state index contributed by atoms with van der Waals surface area (Å²) in [6, 6.07) is 4.81. The molecule has 0 aliphatic heterocycles. The van der Waals surface area contributed by atoms with E-state index in [0.29, 0.717) is 13.0 Å². The van der Waals surface area contributed by atoms with E-state index >= 15 is 0 Å². The fraction of sp³-hybridized carbons (Fsp3) is 0.500. The van der Waals surface area contributed by atoms with Crippen LogP contribution in [0.4, 0.5) is 5.69 Å². The minimum absolute atomic E-state index is 0.157. The molecule has 8 heteroatoms. The van der Waals surface area contributed by atoms with Crippen molar-refractivity contribution in [1.82, 2.24) is 10.6 Å². The van der Waals surface area contributed by atoms with Crippen LogP contribution >= 0.6 is 11.8 Å². The molecule has 1 rings (SSSR count). The Morgan fingerprint density at radius 3 is 2.75 bits per heavy atom. The number of carbonyl (C=O) groups excluding carboxylic acids is 2. The van der Waals surface area contributed by atoms with Gasteiger partial charge in [-0.25, -0.2) is 0 Å². The molecule has 0 fully saturated rings. The Hall–Kier alpha value is -2.09. The molecule has 1 aromatic carbocycles. The summed E-state index contributed by atoms with van der Waals surface area (Å²) in [5.74, 6) is 0.00730. The first-order valence-electron chi connectivity index (χ1n) is 7.81. The lowest BCUT2D eigenvalue weighted by atomic mass is 10.1. The molecule has 24 heavy (non-hydrogen) atoms. The monoisotopic (exact) mass is 353 g/mol. The molecule has 1 unspecified atom stereocenters. The standard InChI is InChI=1S/C16H23N3O4S/c1-3-4-9-17-16(21)14(8-10-24-2)18-15(20)12-6-5-7-13(11-12)19(22)23/h5-7,11,14H,3-4,8-10H2,1-2H3,(H,17,21)(H,18,20). The van der Waals surface area contributed by atoms with Gasteiger partial charge in [0.05, 0.1) is 4.92 Å². The zero-order valence-corrected chi connectivity index (χ0v) is 14.7. The maximum atomic E-state index is 12.3. The second kappa shape index (κ2) is 10.6. The van der Waals surface area contributed by atoms with Gasteiger partial charge in [0.25, 0.3) is 11.6 Å². The number of unbranched alkanes of at least 4 members (excludes halogenated alkanes) is 1. The second-order valence-electron chi connectivity index (χ2n) is 5.26. The number of nitro groups is 1. The number of non-ortho nitro benzene ring substituents is 1. The van der Waals surface area contributed by atoms with Gasteiger partial charge in [-0.15, -0.1) is 0 Å². The molecular formula is C16H23N3O4S. The highest BCUT2D eigenvalue weighted by Gasteiger charge is 2.21. The van der Waals surface area contributed by atoms with E-state index in [1.165, 1.54) is 24.3 Å². The summed E-state index contributed by atoms with van der Waals surface area (Å²) in [4.78, 5) is 34.8. The van der Waals surface area contributed by atoms with Crippen LogP contribution in [0.2, 0.25) is 0 Å². The van der Waals surface area contributed by atoms with Gasteiger partial charge in [0.15, 0.2) is 0 Å². The first kappa shape index (κ1) is 20.0. The van der Waals surface area contributed by atoms with Crippen molar-refractivity contribution in [2.24, 2.45) is 0 Å². The Balaban J connectivity index is 2.77. The van der Waals surface area contributed by atoms with Crippen LogP contribution in [-0.4, -0.2) is 41.3 Å². The quantitative estimate of drug-likeness (QED) is 0.382. The van der Waals surface area contributed by atoms with Crippen molar-refractivity contribution in [1.29, 1.82) is 0 Å². The maximum absolute atomic E-state index is 12.3. The van der Waals surface area contributed by atoms with Crippen LogP contribution in [0.25, 0.3) is 0 Å². The Morgan fingerprint density at radius 1 is 1.38 bits per heavy atom. The minimum Gasteiger partial charge on any atom is -0.354 e. The van der Waals surface area contributed by atoms with E-state index in [9.17, 15) is 19.7 Å². The number of carbonyl (C=O) groups is 2. The fourth-order valence-corrected chi connectivity index (χ4v) is 2.49. The number of benzene rings is 1. The minimum atomic E-state index is -0.652. The van der Waals surface area contributed by atoms with Crippen LogP contribution in [0.3, 0.4) is 0 Å². The first-order valence-corrected chi connectivity index (χ1v) is 9.21. The summed E-state index contributed by atoms with van der Waals surface area (Å²) in [6.45, 7) is 2.60. The molecule has 0 aliphatic carbocycles. The average molecular weight is 353 g/mol. The van der Waals surface area contributed by atoms with Crippen LogP contribution in [0, 0.1) is 10.1 Å². The number of thioether (sulfide) groups is 1. The number of hydrogen-bond donors (Lipinski definition) is 2. The molecule has 2 N–H and O–H groups in total. The Morgan fingerprint density at radius 2 is 2.12 bits per heavy atom. The smallest absolute Gasteiger partial charge is 0.270 e. The third kappa shape index (κ3) is 6.57. The van der Waals surface area contributed by atoms with Gasteiger partial charge in [-0.1, -0.05) is 19.4 Å². The maximum Gasteiger partial charge on any atom is 0.270 e. The number of amides is 2. The number of nitrogens with one attached hydrogen (secondary N) is 2. The molecule has 0 bridgehead atoms. The van der Waals surface area contributed by atoms with Crippen molar-refractivity contribution in [3.05, 3.63) is 39.9 Å². The summed E-state index contributed by atoms with van der Waals surface area (Å²) in [5, 5.41) is 16.3. The van der Waals surface area contributed by atoms with Gasteiger partial charge in [-0.2, -0.15) is 11.8 Å². The summed E-state index contributed by atoms with van der Waals surface area (Å²) >= 11 is 1.58. The summed E-state index contributed by atoms with van der Waals surface area (Å²) in [6.07, 6.45) is 4.27. The number of hydrogen-bond acceptors (Lipinski definition) is 5. The lowest BCUT2D eigenvalue weighted by molar-refractivity contribution is -0.384. The molecule has 1 atom stereocenters. The van der Waals surface area contributed by atoms with Crippen LogP contribution < -0.4 is 10.6 Å². The van der Waals surface area contributed by atoms with E-state index in [0.717, 1.165) is 18.6 Å². The summed E-state index contributed by atoms with van der Waals surface area (Å²) in [5.41, 5.74) is 0.00965. The molecule has 0 saturated carbocycles. The van der Waals surface area contributed by atoms with Gasteiger partial charge in [-0.3, -0.25) is 19.7 Å². The molecule has 0 radical (unpaired) electrons. The van der Waals surface area contributed by atoms with E-state index in [4.69, 9.17) is 0 Å². The topological polar surface area (TPSA) is 101 Å². The van der Waals surface area contributed by atoms with E-state index in [1.807, 2.05) is 13.2 Å². The van der Waals surface area contributed by atoms with E-state index in [1.54, 1.807) is 11.8 Å². The Labute approximate surface area is 145 Å². The number of nitrogens with zero attached hydrogens (tertiary/aromatic N) is 1. The predicted molar refractivity (Wildman–Crippen MR) is 95.3 cm³/mol. The van der Waals surface area contributed by atoms with E-state index in [-0.39, 0.29) is 17.2 Å². The van der Waals surface area contributed by atoms with Crippen molar-refractivity contribution in [3.63, 3.8) is 0 Å². The zero-order valence-electron chi connectivity index (χ0n) is 13.9. The number of nitro benzene ring substituents is 1. The molecule has 132 valence electrons. The van der Waals surface area contributed by atoms with Crippen molar-refractivity contribution in [2.45, 2.75) is 32.2 Å². The molecular weight excluding hydrogens is 330 g/mol. The Kier molecular flexibility index (Phi) is 8.85. The van der Waals surface area contributed by atoms with Crippen molar-refractivity contribution in [2.75, 3.05) is 18.6 Å². The van der Waals surface area contributed by atoms with Crippen LogP contribution in [0.5, 0.6) is 0 Å². The molecule has 0 spiro atoms. The van der Waals surface area contributed by atoms with Gasteiger partial charge in [0.1, 0.15) is 6.04 Å². The van der Waals surface area contributed by atoms with Gasteiger partial charge >= 0.3 is 0 Å². The highest BCUT2D eigenvalue weighted by Crippen LogP contribution is 2.13. The van der Waals surface area contributed by atoms with Gasteiger partial charge in [-0.05, 0) is 30.9 Å². The summed E-state index contributed by atoms with van der Waals surface area (Å²) in [7, 11) is 0. The molecule has 2 amide bonds. The third-order valence-electron chi connectivity index (χ3n) is 3.38. The molecule has 0 aromatic heterocycles. The lowest BCUT2D eigenvalue weighted by Gasteiger charge is -2.18. The molecule has 0 aliphatic rings. The second-order valence-corrected chi connectivity index (χ2v) is 6.25. The predicted octanol–water partition coefficient (Wildman–Crippen LogP) is 2.36. The van der Waals surface area contributed by atoms with Crippen molar-refractivity contribution >= 4 is 29.3 Å². The van der Waals surface area contributed by atoms with Crippen LogP contribution in [0.1, 0.15) is 36.5 Å². The SMILES string of the molecule is CCCCNC(=O)C(CCSC)NC(=O)c1cccc([N+](=O)[O-])c1. The molecule has 0 saturated heterocycles. The van der Waals surface area contributed by atoms with E-state index < -0.39 is 16.9 Å². The molecule has 0 heterocycles. The van der Waals surface area contributed by atoms with E-state index in [2.05, 4.69) is 10.6 Å². The zero-order chi connectivity index (χ0) is 17.9. The summed E-state index contributed by atoms with van der Waals surface area (Å²) < 4.78 is 0. The lowest BCUT2D eigenvalue weighted by Crippen LogP contribution is -2.47. The highest BCUT2D eigenvalue weighted by atomic mass is 32.2. The van der Waals surface area contributed by atoms with Crippen LogP contribution in [0.15, 0.2) is 24.3 Å². The van der Waals surface area contributed by atoms with Crippen LogP contribution in [-0.2, 0) is 4.79 Å². The highest BCUT2D eigenvalue weighted by molar-refractivity contribution is 7.98. The fourth-order valence-electron chi connectivity index (χ4n) is 2.02. The molecule has 1 aromatic rings. The molecule has 7 nitrogen and oxygen atoms in total. The normalized spacial score (nSPS) is 11.6. The van der Waals surface area contributed by atoms with Gasteiger partial charge in [0.2, 0.25) is 5.91 Å². The third-order valence-corrected chi connectivity index (χ3v) is 4.03. The number of rotatable bonds is 10. The average Bonchev–Trinajstić information content (AvgIpc) is 2.58.